The molecule has 14 heteroatoms. The fourth-order valence-electron chi connectivity index (χ4n) is 6.14. The Morgan fingerprint density at radius 1 is 1.04 bits per heavy atom. The van der Waals surface area contributed by atoms with Gasteiger partial charge >= 0.3 is 0 Å². The van der Waals surface area contributed by atoms with E-state index in [9.17, 15) is 22.9 Å². The van der Waals surface area contributed by atoms with Crippen LogP contribution < -0.4 is 15.4 Å². The van der Waals surface area contributed by atoms with E-state index >= 15 is 0 Å². The normalized spacial score (nSPS) is 16.4. The lowest BCUT2D eigenvalue weighted by Crippen LogP contribution is -2.49. The molecule has 0 aliphatic carbocycles. The average Bonchev–Trinajstić information content (AvgIpc) is 3.53. The van der Waals surface area contributed by atoms with Gasteiger partial charge in [0.05, 0.1) is 24.7 Å². The minimum atomic E-state index is -3.36. The van der Waals surface area contributed by atoms with Gasteiger partial charge in [-0.3, -0.25) is 9.69 Å². The molecule has 0 spiro atoms. The first-order valence-corrected chi connectivity index (χ1v) is 18.2. The summed E-state index contributed by atoms with van der Waals surface area (Å²) in [5.74, 6) is -0.237. The number of piperazine rings is 1. The Hall–Kier alpha value is -3.87. The van der Waals surface area contributed by atoms with Gasteiger partial charge in [0.25, 0.3) is 5.56 Å². The third-order valence-electron chi connectivity index (χ3n) is 8.85. The van der Waals surface area contributed by atoms with Gasteiger partial charge in [0.1, 0.15) is 22.5 Å². The second-order valence-electron chi connectivity index (χ2n) is 11.7. The van der Waals surface area contributed by atoms with E-state index in [0.717, 1.165) is 36.4 Å². The summed E-state index contributed by atoms with van der Waals surface area (Å²) in [4.78, 5) is 24.8. The van der Waals surface area contributed by atoms with Crippen molar-refractivity contribution in [2.45, 2.75) is 19.9 Å². The summed E-state index contributed by atoms with van der Waals surface area (Å²) >= 11 is 1.23. The molecule has 0 bridgehead atoms. The number of rotatable bonds is 10. The molecule has 6 rings (SSSR count). The van der Waals surface area contributed by atoms with Crippen molar-refractivity contribution >= 4 is 48.6 Å². The van der Waals surface area contributed by atoms with Gasteiger partial charge in [0, 0.05) is 81.1 Å². The third kappa shape index (κ3) is 7.05. The molecule has 0 saturated carbocycles. The smallest absolute Gasteiger partial charge is 0.258 e. The molecular weight excluding hydrogens is 642 g/mol. The summed E-state index contributed by atoms with van der Waals surface area (Å²) in [5.41, 5.74) is 2.65. The number of pyridine rings is 1. The summed E-state index contributed by atoms with van der Waals surface area (Å²) in [6.45, 7) is 8.06. The van der Waals surface area contributed by atoms with E-state index < -0.39 is 10.0 Å². The summed E-state index contributed by atoms with van der Waals surface area (Å²) < 4.78 is 48.5. The highest BCUT2D eigenvalue weighted by Crippen LogP contribution is 2.38. The van der Waals surface area contributed by atoms with Gasteiger partial charge in [-0.05, 0) is 62.4 Å². The van der Waals surface area contributed by atoms with Crippen LogP contribution in [0.25, 0.3) is 22.0 Å². The maximum Gasteiger partial charge on any atom is 0.258 e. The van der Waals surface area contributed by atoms with Crippen LogP contribution in [-0.4, -0.2) is 99.0 Å². The van der Waals surface area contributed by atoms with Gasteiger partial charge in [-0.25, -0.2) is 17.8 Å². The molecule has 2 aromatic heterocycles. The van der Waals surface area contributed by atoms with Gasteiger partial charge in [0.15, 0.2) is 5.13 Å². The molecule has 0 atom stereocenters. The highest BCUT2D eigenvalue weighted by atomic mass is 32.2. The molecule has 4 aromatic rings. The first-order valence-electron chi connectivity index (χ1n) is 15.8. The Morgan fingerprint density at radius 2 is 1.77 bits per heavy atom. The molecule has 2 aliphatic rings. The number of hydrogen-bond acceptors (Lipinski definition) is 10. The van der Waals surface area contributed by atoms with Gasteiger partial charge in [0.2, 0.25) is 10.0 Å². The van der Waals surface area contributed by atoms with Crippen molar-refractivity contribution in [3.05, 3.63) is 69.7 Å². The number of ether oxygens (including phenoxy) is 1. The van der Waals surface area contributed by atoms with Crippen LogP contribution >= 0.6 is 11.3 Å². The van der Waals surface area contributed by atoms with Crippen molar-refractivity contribution in [3.63, 3.8) is 0 Å². The molecule has 11 nitrogen and oxygen atoms in total. The highest BCUT2D eigenvalue weighted by Gasteiger charge is 2.28. The monoisotopic (exact) mass is 679 g/mol. The second kappa shape index (κ2) is 14.1. The lowest BCUT2D eigenvalue weighted by molar-refractivity contribution is 0.0380. The molecule has 2 fully saturated rings. The van der Waals surface area contributed by atoms with Gasteiger partial charge in [-0.1, -0.05) is 11.3 Å². The van der Waals surface area contributed by atoms with E-state index in [4.69, 9.17) is 9.72 Å². The molecule has 0 amide bonds. The topological polar surface area (TPSA) is 115 Å². The summed E-state index contributed by atoms with van der Waals surface area (Å²) in [6, 6.07) is 13.8. The van der Waals surface area contributed by atoms with E-state index in [1.807, 2.05) is 37.1 Å². The molecule has 2 aliphatic heterocycles. The lowest BCUT2D eigenvalue weighted by Gasteiger charge is -2.36. The first-order chi connectivity index (χ1) is 22.7. The SMILES string of the molecule is CCn1cc(N(C)c2nc(-c3ccc(F)cc3)c(C#N)s2)c2cc(N3CCN(S(=O)(=O)CCCN4CCOCC4)CC3)ccc2c1=O. The minimum Gasteiger partial charge on any atom is -0.379 e. The number of thiazole rings is 1. The molecular formula is C33H38FN7O4S2. The van der Waals surface area contributed by atoms with Crippen molar-refractivity contribution in [1.82, 2.24) is 18.8 Å². The standard InChI is InChI=1S/C33H38FN7O4S2/c1-3-39-23-29(37(2)33-36-31(30(22-35)46-33)24-5-7-25(34)8-6-24)28-21-26(9-10-27(28)32(39)42)40-12-14-41(15-13-40)47(43,44)20-4-11-38-16-18-45-19-17-38/h5-10,21,23H,3-4,11-20H2,1-2H3. The minimum absolute atomic E-state index is 0.108. The quantitative estimate of drug-likeness (QED) is 0.245. The molecule has 2 saturated heterocycles. The van der Waals surface area contributed by atoms with Crippen molar-refractivity contribution in [3.8, 4) is 17.3 Å². The van der Waals surface area contributed by atoms with Crippen LogP contribution in [0.2, 0.25) is 0 Å². The van der Waals surface area contributed by atoms with Crippen LogP contribution in [0.1, 0.15) is 18.2 Å². The average molecular weight is 680 g/mol. The van der Waals surface area contributed by atoms with Crippen molar-refractivity contribution < 1.29 is 17.5 Å². The zero-order valence-electron chi connectivity index (χ0n) is 26.6. The summed E-state index contributed by atoms with van der Waals surface area (Å²) in [7, 11) is -1.51. The molecule has 2 aromatic carbocycles. The number of benzene rings is 2. The first kappa shape index (κ1) is 33.0. The van der Waals surface area contributed by atoms with E-state index in [2.05, 4.69) is 15.9 Å². The second-order valence-corrected chi connectivity index (χ2v) is 14.8. The number of sulfonamides is 1. The summed E-state index contributed by atoms with van der Waals surface area (Å²) in [5, 5.41) is 11.7. The Balaban J connectivity index is 1.23. The Bertz CT molecular complexity index is 1940. The number of halogens is 1. The predicted octanol–water partition coefficient (Wildman–Crippen LogP) is 4.10. The lowest BCUT2D eigenvalue weighted by atomic mass is 10.1. The molecule has 47 heavy (non-hydrogen) atoms. The fraction of sp³-hybridized carbons (Fsp3) is 0.424. The van der Waals surface area contributed by atoms with Crippen LogP contribution in [0.15, 0.2) is 53.5 Å². The van der Waals surface area contributed by atoms with Crippen molar-refractivity contribution in [2.75, 3.05) is 81.6 Å². The van der Waals surface area contributed by atoms with E-state index in [1.54, 1.807) is 27.2 Å². The fourth-order valence-corrected chi connectivity index (χ4v) is 8.48. The maximum absolute atomic E-state index is 13.6. The number of aryl methyl sites for hydroxylation is 1. The van der Waals surface area contributed by atoms with E-state index in [1.165, 1.54) is 23.5 Å². The zero-order chi connectivity index (χ0) is 33.1. The number of morpholine rings is 1. The van der Waals surface area contributed by atoms with Crippen LogP contribution in [0.5, 0.6) is 0 Å². The zero-order valence-corrected chi connectivity index (χ0v) is 28.2. The number of nitrogens with zero attached hydrogens (tertiary/aromatic N) is 7. The van der Waals surface area contributed by atoms with Gasteiger partial charge in [-0.15, -0.1) is 0 Å². The number of hydrogen-bond donors (Lipinski definition) is 0. The molecule has 0 N–H and O–H groups in total. The number of aromatic nitrogens is 2. The van der Waals surface area contributed by atoms with Crippen molar-refractivity contribution in [1.29, 1.82) is 5.26 Å². The molecule has 248 valence electrons. The van der Waals surface area contributed by atoms with Crippen LogP contribution in [0, 0.1) is 17.1 Å². The predicted molar refractivity (Wildman–Crippen MR) is 184 cm³/mol. The molecule has 0 unspecified atom stereocenters. The molecule has 0 radical (unpaired) electrons. The van der Waals surface area contributed by atoms with Gasteiger partial charge in [-0.2, -0.15) is 9.57 Å². The number of fused-ring (bicyclic) bond motifs is 1. The van der Waals surface area contributed by atoms with Crippen molar-refractivity contribution in [2.24, 2.45) is 0 Å². The largest absolute Gasteiger partial charge is 0.379 e. The van der Waals surface area contributed by atoms with Crippen LogP contribution in [0.3, 0.4) is 0 Å². The van der Waals surface area contributed by atoms with E-state index in [0.29, 0.717) is 79.0 Å². The Kier molecular flexibility index (Phi) is 9.90. The Labute approximate surface area is 278 Å². The summed E-state index contributed by atoms with van der Waals surface area (Å²) in [6.07, 6.45) is 2.40. The number of nitriles is 1. The Morgan fingerprint density at radius 3 is 2.45 bits per heavy atom. The maximum atomic E-state index is 13.6. The molecule has 4 heterocycles. The number of anilines is 3. The third-order valence-corrected chi connectivity index (χ3v) is 11.8. The highest BCUT2D eigenvalue weighted by molar-refractivity contribution is 7.89. The van der Waals surface area contributed by atoms with Gasteiger partial charge < -0.3 is 19.1 Å². The van der Waals surface area contributed by atoms with Crippen LogP contribution in [-0.2, 0) is 21.3 Å². The van der Waals surface area contributed by atoms with E-state index in [-0.39, 0.29) is 17.1 Å². The van der Waals surface area contributed by atoms with Crippen LogP contribution in [0.4, 0.5) is 20.9 Å².